The van der Waals surface area contributed by atoms with E-state index in [0.29, 0.717) is 0 Å². The number of hydrogen-bond acceptors (Lipinski definition) is 2. The normalized spacial score (nSPS) is 14.6. The van der Waals surface area contributed by atoms with E-state index >= 15 is 0 Å². The first kappa shape index (κ1) is 30.1. The molecular formula is C49H36N4. The smallest absolute Gasteiger partial charge is 0.158 e. The molecule has 2 aliphatic rings. The highest BCUT2D eigenvalue weighted by molar-refractivity contribution is 6.12. The number of benzene rings is 6. The van der Waals surface area contributed by atoms with Crippen molar-refractivity contribution in [1.82, 2.24) is 19.1 Å². The number of para-hydroxylation sites is 3. The van der Waals surface area contributed by atoms with Crippen LogP contribution >= 0.6 is 0 Å². The average molecular weight is 681 g/mol. The summed E-state index contributed by atoms with van der Waals surface area (Å²) in [6, 6.07) is 50.9. The summed E-state index contributed by atoms with van der Waals surface area (Å²) in [6.07, 6.45) is 8.42. The fourth-order valence-corrected chi connectivity index (χ4v) is 9.04. The summed E-state index contributed by atoms with van der Waals surface area (Å²) in [6.45, 7) is 4.71. The van der Waals surface area contributed by atoms with E-state index in [2.05, 4.69) is 181 Å². The number of aromatic nitrogens is 4. The molecule has 3 heterocycles. The maximum Gasteiger partial charge on any atom is 0.158 e. The van der Waals surface area contributed by atoms with Gasteiger partial charge in [0.2, 0.25) is 0 Å². The van der Waals surface area contributed by atoms with Gasteiger partial charge in [-0.2, -0.15) is 0 Å². The zero-order valence-corrected chi connectivity index (χ0v) is 29.7. The van der Waals surface area contributed by atoms with E-state index in [0.717, 1.165) is 58.0 Å². The SMILES string of the molecule is CC1(C)c2ccccc2-c2cc3c(cc21)c1ccccc1n3-c1cccc(-c2cc(-n3c4ccccc4c4ccccc43)nc(C3=CC=CCC3)n2)c1. The van der Waals surface area contributed by atoms with Crippen LogP contribution in [0, 0.1) is 0 Å². The van der Waals surface area contributed by atoms with Gasteiger partial charge in [-0.05, 0) is 83.1 Å². The summed E-state index contributed by atoms with van der Waals surface area (Å²) in [5.74, 6) is 1.65. The average Bonchev–Trinajstić information content (AvgIpc) is 3.80. The number of fused-ring (bicyclic) bond motifs is 9. The van der Waals surface area contributed by atoms with E-state index in [9.17, 15) is 0 Å². The van der Waals surface area contributed by atoms with Gasteiger partial charge in [-0.1, -0.05) is 123 Å². The molecule has 0 N–H and O–H groups in total. The standard InChI is InChI=1S/C49H36N4/c1-49(2)40-23-10-6-19-34(40)38-29-46-39(28-41(38)49)37-22-9-11-24-43(37)52(46)33-18-14-17-32(27-33)42-30-47(51-48(50-42)31-15-4-3-5-16-31)53-44-25-12-7-20-35(44)36-21-8-13-26-45(36)53/h3-4,6-15,17-30H,5,16H2,1-2H3. The Hall–Kier alpha value is -6.52. The van der Waals surface area contributed by atoms with E-state index < -0.39 is 0 Å². The van der Waals surface area contributed by atoms with Gasteiger partial charge in [-0.25, -0.2) is 9.97 Å². The molecule has 0 amide bonds. The summed E-state index contributed by atoms with van der Waals surface area (Å²) in [5.41, 5.74) is 14.3. The Balaban J connectivity index is 1.14. The summed E-state index contributed by atoms with van der Waals surface area (Å²) in [5, 5.41) is 4.98. The van der Waals surface area contributed by atoms with Gasteiger partial charge in [0, 0.05) is 44.3 Å². The first-order valence-electron chi connectivity index (χ1n) is 18.6. The number of hydrogen-bond donors (Lipinski definition) is 0. The van der Waals surface area contributed by atoms with E-state index in [1.807, 2.05) is 0 Å². The molecule has 4 heteroatoms. The highest BCUT2D eigenvalue weighted by Crippen LogP contribution is 2.51. The third-order valence-corrected chi connectivity index (χ3v) is 11.6. The molecule has 0 bridgehead atoms. The molecule has 9 aromatic rings. The topological polar surface area (TPSA) is 35.6 Å². The molecule has 0 atom stereocenters. The molecule has 6 aromatic carbocycles. The third-order valence-electron chi connectivity index (χ3n) is 11.6. The summed E-state index contributed by atoms with van der Waals surface area (Å²) >= 11 is 0. The van der Waals surface area contributed by atoms with Crippen molar-refractivity contribution in [2.45, 2.75) is 32.1 Å². The molecule has 3 aromatic heterocycles. The highest BCUT2D eigenvalue weighted by atomic mass is 15.1. The van der Waals surface area contributed by atoms with E-state index in [4.69, 9.17) is 9.97 Å². The highest BCUT2D eigenvalue weighted by Gasteiger charge is 2.36. The van der Waals surface area contributed by atoms with Crippen LogP contribution in [-0.2, 0) is 5.41 Å². The van der Waals surface area contributed by atoms with Crippen molar-refractivity contribution in [1.29, 1.82) is 0 Å². The van der Waals surface area contributed by atoms with E-state index in [1.165, 1.54) is 54.8 Å². The Kier molecular flexibility index (Phi) is 6.39. The lowest BCUT2D eigenvalue weighted by Gasteiger charge is -2.21. The van der Waals surface area contributed by atoms with Gasteiger partial charge in [0.05, 0.1) is 27.8 Å². The van der Waals surface area contributed by atoms with Crippen LogP contribution in [0.1, 0.15) is 43.6 Å². The van der Waals surface area contributed by atoms with Crippen molar-refractivity contribution in [3.8, 4) is 33.9 Å². The van der Waals surface area contributed by atoms with Crippen LogP contribution in [-0.4, -0.2) is 19.1 Å². The van der Waals surface area contributed by atoms with Gasteiger partial charge in [0.1, 0.15) is 5.82 Å². The lowest BCUT2D eigenvalue weighted by Crippen LogP contribution is -2.14. The first-order valence-corrected chi connectivity index (χ1v) is 18.6. The first-order chi connectivity index (χ1) is 26.0. The van der Waals surface area contributed by atoms with E-state index in [-0.39, 0.29) is 5.41 Å². The van der Waals surface area contributed by atoms with Gasteiger partial charge in [0.15, 0.2) is 5.82 Å². The van der Waals surface area contributed by atoms with Crippen molar-refractivity contribution in [2.24, 2.45) is 0 Å². The summed E-state index contributed by atoms with van der Waals surface area (Å²) < 4.78 is 4.74. The second-order valence-electron chi connectivity index (χ2n) is 15.0. The van der Waals surface area contributed by atoms with Crippen molar-refractivity contribution >= 4 is 49.2 Å². The fraction of sp³-hybridized carbons (Fsp3) is 0.102. The number of allylic oxidation sites excluding steroid dienone is 4. The Labute approximate surface area is 308 Å². The van der Waals surface area contributed by atoms with Crippen LogP contribution in [0.4, 0.5) is 0 Å². The van der Waals surface area contributed by atoms with Crippen molar-refractivity contribution in [3.63, 3.8) is 0 Å². The molecule has 2 aliphatic carbocycles. The Morgan fingerprint density at radius 3 is 1.96 bits per heavy atom. The Morgan fingerprint density at radius 2 is 1.23 bits per heavy atom. The lowest BCUT2D eigenvalue weighted by molar-refractivity contribution is 0.661. The quantitative estimate of drug-likeness (QED) is 0.185. The van der Waals surface area contributed by atoms with E-state index in [1.54, 1.807) is 0 Å². The molecule has 53 heavy (non-hydrogen) atoms. The van der Waals surface area contributed by atoms with Gasteiger partial charge < -0.3 is 4.57 Å². The zero-order valence-electron chi connectivity index (χ0n) is 29.7. The summed E-state index contributed by atoms with van der Waals surface area (Å²) in [7, 11) is 0. The predicted octanol–water partition coefficient (Wildman–Crippen LogP) is 12.4. The summed E-state index contributed by atoms with van der Waals surface area (Å²) in [4.78, 5) is 10.6. The van der Waals surface area contributed by atoms with Gasteiger partial charge in [-0.3, -0.25) is 4.57 Å². The van der Waals surface area contributed by atoms with Crippen LogP contribution in [0.2, 0.25) is 0 Å². The molecular weight excluding hydrogens is 645 g/mol. The fourth-order valence-electron chi connectivity index (χ4n) is 9.04. The van der Waals surface area contributed by atoms with Gasteiger partial charge in [-0.15, -0.1) is 0 Å². The van der Waals surface area contributed by atoms with Crippen LogP contribution in [0.3, 0.4) is 0 Å². The third kappa shape index (κ3) is 4.42. The van der Waals surface area contributed by atoms with Crippen LogP contribution in [0.25, 0.3) is 83.1 Å². The molecule has 0 radical (unpaired) electrons. The lowest BCUT2D eigenvalue weighted by atomic mass is 9.82. The molecule has 252 valence electrons. The molecule has 0 fully saturated rings. The van der Waals surface area contributed by atoms with Gasteiger partial charge in [0.25, 0.3) is 0 Å². The molecule has 0 saturated carbocycles. The molecule has 0 spiro atoms. The number of rotatable bonds is 4. The zero-order chi connectivity index (χ0) is 35.3. The molecule has 4 nitrogen and oxygen atoms in total. The second kappa shape index (κ2) is 11.2. The largest absolute Gasteiger partial charge is 0.309 e. The van der Waals surface area contributed by atoms with Crippen LogP contribution < -0.4 is 0 Å². The molecule has 0 unspecified atom stereocenters. The van der Waals surface area contributed by atoms with Crippen molar-refractivity contribution in [2.75, 3.05) is 0 Å². The Bertz CT molecular complexity index is 2990. The monoisotopic (exact) mass is 680 g/mol. The Morgan fingerprint density at radius 1 is 0.547 bits per heavy atom. The minimum Gasteiger partial charge on any atom is -0.309 e. The minimum absolute atomic E-state index is 0.0639. The van der Waals surface area contributed by atoms with Crippen LogP contribution in [0.5, 0.6) is 0 Å². The minimum atomic E-state index is -0.0639. The van der Waals surface area contributed by atoms with Gasteiger partial charge >= 0.3 is 0 Å². The van der Waals surface area contributed by atoms with Crippen molar-refractivity contribution < 1.29 is 0 Å². The number of nitrogens with zero attached hydrogens (tertiary/aromatic N) is 4. The maximum absolute atomic E-state index is 5.30. The molecule has 0 aliphatic heterocycles. The second-order valence-corrected chi connectivity index (χ2v) is 15.0. The maximum atomic E-state index is 5.30. The predicted molar refractivity (Wildman–Crippen MR) is 220 cm³/mol. The van der Waals surface area contributed by atoms with Crippen molar-refractivity contribution in [3.05, 3.63) is 175 Å². The molecule has 0 saturated heterocycles. The molecule has 11 rings (SSSR count). The van der Waals surface area contributed by atoms with Crippen LogP contribution in [0.15, 0.2) is 158 Å².